The lowest BCUT2D eigenvalue weighted by atomic mass is 10.1. The summed E-state index contributed by atoms with van der Waals surface area (Å²) in [6.45, 7) is 20.0. The summed E-state index contributed by atoms with van der Waals surface area (Å²) in [5, 5.41) is 6.64. The van der Waals surface area contributed by atoms with Gasteiger partial charge in [0.05, 0.1) is 0 Å². The Labute approximate surface area is 135 Å². The highest BCUT2D eigenvalue weighted by atomic mass is 14.9. The van der Waals surface area contributed by atoms with Gasteiger partial charge in [0.25, 0.3) is 0 Å². The average molecular weight is 296 g/mol. The van der Waals surface area contributed by atoms with Gasteiger partial charge in [0.2, 0.25) is 0 Å². The lowest BCUT2D eigenvalue weighted by Gasteiger charge is -2.12. The smallest absolute Gasteiger partial charge is 0.0383 e. The molecule has 22 heavy (non-hydrogen) atoms. The molecule has 0 aromatic heterocycles. The molecular formula is C20H28N2. The minimum atomic E-state index is 0.910. The van der Waals surface area contributed by atoms with Gasteiger partial charge in [-0.25, -0.2) is 0 Å². The van der Waals surface area contributed by atoms with Crippen LogP contribution in [0.5, 0.6) is 0 Å². The van der Waals surface area contributed by atoms with Crippen LogP contribution in [0.1, 0.15) is 39.5 Å². The number of nitrogens with one attached hydrogen (secondary N) is 2. The fraction of sp³-hybridized carbons (Fsp3) is 0.300. The maximum atomic E-state index is 4.04. The molecule has 0 saturated carbocycles. The molecule has 1 aromatic carbocycles. The van der Waals surface area contributed by atoms with Gasteiger partial charge < -0.3 is 10.6 Å². The van der Waals surface area contributed by atoms with E-state index in [0.717, 1.165) is 48.5 Å². The molecule has 0 bridgehead atoms. The van der Waals surface area contributed by atoms with Crippen LogP contribution in [0.2, 0.25) is 0 Å². The average Bonchev–Trinajstić information content (AvgIpc) is 2.45. The van der Waals surface area contributed by atoms with Gasteiger partial charge >= 0.3 is 0 Å². The first-order chi connectivity index (χ1) is 10.4. The molecule has 2 heteroatoms. The van der Waals surface area contributed by atoms with Crippen molar-refractivity contribution in [1.29, 1.82) is 0 Å². The van der Waals surface area contributed by atoms with E-state index in [0.29, 0.717) is 0 Å². The zero-order chi connectivity index (χ0) is 16.5. The maximum absolute atomic E-state index is 4.04. The van der Waals surface area contributed by atoms with Crippen LogP contribution in [0.4, 0.5) is 11.4 Å². The minimum absolute atomic E-state index is 0.910. The Morgan fingerprint density at radius 1 is 0.682 bits per heavy atom. The van der Waals surface area contributed by atoms with E-state index in [1.165, 1.54) is 11.1 Å². The van der Waals surface area contributed by atoms with Crippen LogP contribution < -0.4 is 10.6 Å². The lowest BCUT2D eigenvalue weighted by molar-refractivity contribution is 0.935. The molecule has 0 heterocycles. The highest BCUT2D eigenvalue weighted by Crippen LogP contribution is 2.19. The van der Waals surface area contributed by atoms with Crippen molar-refractivity contribution >= 4 is 11.4 Å². The summed E-state index contributed by atoms with van der Waals surface area (Å²) >= 11 is 0. The molecule has 0 aliphatic rings. The zero-order valence-corrected chi connectivity index (χ0v) is 14.0. The second kappa shape index (κ2) is 8.93. The first-order valence-electron chi connectivity index (χ1n) is 7.65. The van der Waals surface area contributed by atoms with Crippen molar-refractivity contribution in [3.05, 3.63) is 73.1 Å². The van der Waals surface area contributed by atoms with E-state index in [4.69, 9.17) is 0 Å². The summed E-state index contributed by atoms with van der Waals surface area (Å²) in [5.74, 6) is 0. The number of anilines is 2. The van der Waals surface area contributed by atoms with E-state index in [-0.39, 0.29) is 0 Å². The van der Waals surface area contributed by atoms with E-state index in [1.807, 2.05) is 38.1 Å². The summed E-state index contributed by atoms with van der Waals surface area (Å²) < 4.78 is 0. The highest BCUT2D eigenvalue weighted by molar-refractivity contribution is 5.57. The summed E-state index contributed by atoms with van der Waals surface area (Å²) in [4.78, 5) is 0. The Morgan fingerprint density at radius 2 is 1.00 bits per heavy atom. The largest absolute Gasteiger partial charge is 0.359 e. The van der Waals surface area contributed by atoms with Crippen molar-refractivity contribution in [3.63, 3.8) is 0 Å². The Balaban J connectivity index is 2.45. The maximum Gasteiger partial charge on any atom is 0.0383 e. The molecule has 0 spiro atoms. The number of hydrogen-bond acceptors (Lipinski definition) is 2. The molecule has 0 aliphatic carbocycles. The standard InChI is InChI=1S/C20H28N2/c1-15(2)7-9-17(5)21-19-11-13-20(14-12-19)22-18(6)10-8-16(3)4/h11-14,21-22H,1,3,5-10H2,2,4H3. The van der Waals surface area contributed by atoms with Crippen molar-refractivity contribution in [3.8, 4) is 0 Å². The van der Waals surface area contributed by atoms with Gasteiger partial charge in [-0.3, -0.25) is 0 Å². The quantitative estimate of drug-likeness (QED) is 0.499. The molecule has 0 aliphatic heterocycles. The molecule has 0 unspecified atom stereocenters. The summed E-state index contributed by atoms with van der Waals surface area (Å²) in [7, 11) is 0. The second-order valence-corrected chi connectivity index (χ2v) is 5.95. The molecular weight excluding hydrogens is 268 g/mol. The number of benzene rings is 1. The monoisotopic (exact) mass is 296 g/mol. The molecule has 0 radical (unpaired) electrons. The van der Waals surface area contributed by atoms with Crippen LogP contribution in [0.3, 0.4) is 0 Å². The number of allylic oxidation sites excluding steroid dienone is 4. The van der Waals surface area contributed by atoms with Gasteiger partial charge in [-0.05, 0) is 63.8 Å². The first kappa shape index (κ1) is 17.8. The van der Waals surface area contributed by atoms with Gasteiger partial charge in [-0.2, -0.15) is 0 Å². The second-order valence-electron chi connectivity index (χ2n) is 5.95. The van der Waals surface area contributed by atoms with Gasteiger partial charge in [0.1, 0.15) is 0 Å². The van der Waals surface area contributed by atoms with Crippen LogP contribution in [0.25, 0.3) is 0 Å². The van der Waals surface area contributed by atoms with E-state index < -0.39 is 0 Å². The van der Waals surface area contributed by atoms with Crippen LogP contribution in [-0.2, 0) is 0 Å². The normalized spacial score (nSPS) is 9.91. The fourth-order valence-electron chi connectivity index (χ4n) is 1.90. The van der Waals surface area contributed by atoms with Crippen LogP contribution in [0.15, 0.2) is 73.1 Å². The number of rotatable bonds is 10. The molecule has 0 fully saturated rings. The third kappa shape index (κ3) is 7.53. The van der Waals surface area contributed by atoms with E-state index in [2.05, 4.69) is 36.9 Å². The Kier molecular flexibility index (Phi) is 7.24. The van der Waals surface area contributed by atoms with Crippen molar-refractivity contribution < 1.29 is 0 Å². The molecule has 118 valence electrons. The van der Waals surface area contributed by atoms with Crippen molar-refractivity contribution in [2.24, 2.45) is 0 Å². The van der Waals surface area contributed by atoms with Crippen molar-refractivity contribution in [2.75, 3.05) is 10.6 Å². The van der Waals surface area contributed by atoms with E-state index in [1.54, 1.807) is 0 Å². The van der Waals surface area contributed by atoms with Crippen LogP contribution in [0, 0.1) is 0 Å². The molecule has 1 rings (SSSR count). The van der Waals surface area contributed by atoms with Gasteiger partial charge in [-0.15, -0.1) is 13.2 Å². The highest BCUT2D eigenvalue weighted by Gasteiger charge is 1.99. The van der Waals surface area contributed by atoms with Crippen molar-refractivity contribution in [2.45, 2.75) is 39.5 Å². The Bertz CT molecular complexity index is 499. The van der Waals surface area contributed by atoms with Crippen LogP contribution in [-0.4, -0.2) is 0 Å². The fourth-order valence-corrected chi connectivity index (χ4v) is 1.90. The molecule has 1 aromatic rings. The summed E-state index contributed by atoms with van der Waals surface area (Å²) in [5.41, 5.74) is 6.46. The number of hydrogen-bond donors (Lipinski definition) is 2. The van der Waals surface area contributed by atoms with E-state index >= 15 is 0 Å². The van der Waals surface area contributed by atoms with Crippen molar-refractivity contribution in [1.82, 2.24) is 0 Å². The van der Waals surface area contributed by atoms with E-state index in [9.17, 15) is 0 Å². The summed E-state index contributed by atoms with van der Waals surface area (Å²) in [6, 6.07) is 8.17. The van der Waals surface area contributed by atoms with Gasteiger partial charge in [0, 0.05) is 22.8 Å². The van der Waals surface area contributed by atoms with Gasteiger partial charge in [0.15, 0.2) is 0 Å². The first-order valence-corrected chi connectivity index (χ1v) is 7.65. The molecule has 2 N–H and O–H groups in total. The summed E-state index contributed by atoms with van der Waals surface area (Å²) in [6.07, 6.45) is 3.75. The predicted molar refractivity (Wildman–Crippen MR) is 100 cm³/mol. The third-order valence-corrected chi connectivity index (χ3v) is 3.23. The predicted octanol–water partition coefficient (Wildman–Crippen LogP) is 6.25. The SMILES string of the molecule is C=C(C)CCC(=C)Nc1ccc(NC(=C)CCC(=C)C)cc1. The zero-order valence-electron chi connectivity index (χ0n) is 14.0. The minimum Gasteiger partial charge on any atom is -0.359 e. The third-order valence-electron chi connectivity index (χ3n) is 3.23. The molecule has 2 nitrogen and oxygen atoms in total. The Morgan fingerprint density at radius 3 is 1.27 bits per heavy atom. The van der Waals surface area contributed by atoms with Gasteiger partial charge in [-0.1, -0.05) is 24.3 Å². The molecule has 0 saturated heterocycles. The molecule has 0 amide bonds. The van der Waals surface area contributed by atoms with Crippen LogP contribution >= 0.6 is 0 Å². The topological polar surface area (TPSA) is 24.1 Å². The Hall–Kier alpha value is -2.22. The lowest BCUT2D eigenvalue weighted by Crippen LogP contribution is -2.00. The molecule has 0 atom stereocenters.